The second kappa shape index (κ2) is 5.60. The maximum Gasteiger partial charge on any atom is 0.262 e. The molecular weight excluding hydrogens is 264 g/mol. The van der Waals surface area contributed by atoms with Crippen LogP contribution in [0.25, 0.3) is 0 Å². The summed E-state index contributed by atoms with van der Waals surface area (Å²) in [6.45, 7) is 8.50. The molecule has 7 heteroatoms. The summed E-state index contributed by atoms with van der Waals surface area (Å²) in [5.41, 5.74) is 0. The second-order valence-electron chi connectivity index (χ2n) is 4.99. The van der Waals surface area contributed by atoms with Crippen molar-refractivity contribution in [1.82, 2.24) is 19.2 Å². The van der Waals surface area contributed by atoms with Gasteiger partial charge in [0.1, 0.15) is 5.82 Å². The maximum absolute atomic E-state index is 12.6. The van der Waals surface area contributed by atoms with Crippen molar-refractivity contribution in [2.45, 2.75) is 44.8 Å². The number of aryl methyl sites for hydroxylation is 2. The SMILES string of the molecule is CCCn1cc(S(=O)(=O)N2CCNCC2C)nc1C. The van der Waals surface area contributed by atoms with E-state index in [1.165, 1.54) is 0 Å². The molecule has 1 aromatic rings. The molecule has 0 aromatic carbocycles. The minimum atomic E-state index is -3.47. The lowest BCUT2D eigenvalue weighted by Crippen LogP contribution is -2.52. The topological polar surface area (TPSA) is 67.2 Å². The van der Waals surface area contributed by atoms with Crippen molar-refractivity contribution < 1.29 is 8.42 Å². The fraction of sp³-hybridized carbons (Fsp3) is 0.750. The van der Waals surface area contributed by atoms with E-state index in [4.69, 9.17) is 0 Å². The molecule has 2 rings (SSSR count). The number of nitrogens with zero attached hydrogens (tertiary/aromatic N) is 3. The summed E-state index contributed by atoms with van der Waals surface area (Å²) in [6, 6.07) is -0.0321. The van der Waals surface area contributed by atoms with Crippen LogP contribution in [0.5, 0.6) is 0 Å². The number of nitrogens with one attached hydrogen (secondary N) is 1. The first kappa shape index (κ1) is 14.5. The monoisotopic (exact) mass is 286 g/mol. The molecule has 1 unspecified atom stereocenters. The number of hydrogen-bond donors (Lipinski definition) is 1. The van der Waals surface area contributed by atoms with Gasteiger partial charge in [0.05, 0.1) is 0 Å². The summed E-state index contributed by atoms with van der Waals surface area (Å²) in [5.74, 6) is 0.753. The molecule has 6 nitrogen and oxygen atoms in total. The Balaban J connectivity index is 2.30. The van der Waals surface area contributed by atoms with Gasteiger partial charge >= 0.3 is 0 Å². The lowest BCUT2D eigenvalue weighted by molar-refractivity contribution is 0.283. The number of sulfonamides is 1. The molecule has 19 heavy (non-hydrogen) atoms. The smallest absolute Gasteiger partial charge is 0.262 e. The van der Waals surface area contributed by atoms with E-state index < -0.39 is 10.0 Å². The molecule has 108 valence electrons. The van der Waals surface area contributed by atoms with Gasteiger partial charge in [-0.15, -0.1) is 0 Å². The highest BCUT2D eigenvalue weighted by atomic mass is 32.2. The molecule has 2 heterocycles. The molecule has 1 N–H and O–H groups in total. The molecule has 1 atom stereocenters. The average Bonchev–Trinajstić information content (AvgIpc) is 2.73. The van der Waals surface area contributed by atoms with E-state index in [-0.39, 0.29) is 11.1 Å². The largest absolute Gasteiger partial charge is 0.334 e. The third-order valence-corrected chi connectivity index (χ3v) is 5.32. The Morgan fingerprint density at radius 3 is 2.89 bits per heavy atom. The molecule has 0 aliphatic carbocycles. The van der Waals surface area contributed by atoms with Crippen LogP contribution in [0.2, 0.25) is 0 Å². The van der Waals surface area contributed by atoms with E-state index in [9.17, 15) is 8.42 Å². The van der Waals surface area contributed by atoms with Crippen LogP contribution >= 0.6 is 0 Å². The lowest BCUT2D eigenvalue weighted by Gasteiger charge is -2.32. The van der Waals surface area contributed by atoms with Crippen molar-refractivity contribution in [1.29, 1.82) is 0 Å². The Morgan fingerprint density at radius 2 is 2.26 bits per heavy atom. The van der Waals surface area contributed by atoms with E-state index in [1.807, 2.05) is 18.4 Å². The van der Waals surface area contributed by atoms with Gasteiger partial charge < -0.3 is 9.88 Å². The molecule has 0 bridgehead atoms. The van der Waals surface area contributed by atoms with Crippen LogP contribution in [0.1, 0.15) is 26.1 Å². The van der Waals surface area contributed by atoms with E-state index in [0.717, 1.165) is 18.8 Å². The Bertz CT molecular complexity index is 538. The fourth-order valence-electron chi connectivity index (χ4n) is 2.37. The molecule has 1 saturated heterocycles. The van der Waals surface area contributed by atoms with Crippen LogP contribution in [0.15, 0.2) is 11.2 Å². The van der Waals surface area contributed by atoms with Crippen LogP contribution in [0.3, 0.4) is 0 Å². The van der Waals surface area contributed by atoms with Gasteiger partial charge in [-0.2, -0.15) is 4.31 Å². The zero-order valence-corrected chi connectivity index (χ0v) is 12.6. The number of hydrogen-bond acceptors (Lipinski definition) is 4. The molecule has 1 aromatic heterocycles. The number of rotatable bonds is 4. The number of piperazine rings is 1. The normalized spacial score (nSPS) is 21.7. The highest BCUT2D eigenvalue weighted by Gasteiger charge is 2.32. The van der Waals surface area contributed by atoms with E-state index in [2.05, 4.69) is 17.2 Å². The Kier molecular flexibility index (Phi) is 4.27. The van der Waals surface area contributed by atoms with Crippen molar-refractivity contribution in [2.24, 2.45) is 0 Å². The van der Waals surface area contributed by atoms with Gasteiger partial charge in [0.2, 0.25) is 0 Å². The minimum absolute atomic E-state index is 0.0321. The third kappa shape index (κ3) is 2.82. The first-order valence-corrected chi connectivity index (χ1v) is 8.17. The van der Waals surface area contributed by atoms with Gasteiger partial charge in [-0.3, -0.25) is 0 Å². The standard InChI is InChI=1S/C12H22N4O2S/c1-4-6-15-9-12(14-11(15)3)19(17,18)16-7-5-13-8-10(16)2/h9-10,13H,4-8H2,1-3H3. The molecule has 0 amide bonds. The van der Waals surface area contributed by atoms with Crippen molar-refractivity contribution in [3.05, 3.63) is 12.0 Å². The fourth-order valence-corrected chi connectivity index (χ4v) is 4.00. The summed E-state index contributed by atoms with van der Waals surface area (Å²) in [7, 11) is -3.47. The maximum atomic E-state index is 12.6. The average molecular weight is 286 g/mol. The van der Waals surface area contributed by atoms with Gasteiger partial charge in [0.25, 0.3) is 10.0 Å². The molecule has 1 aliphatic rings. The highest BCUT2D eigenvalue weighted by Crippen LogP contribution is 2.19. The van der Waals surface area contributed by atoms with E-state index >= 15 is 0 Å². The van der Waals surface area contributed by atoms with Crippen molar-refractivity contribution in [3.8, 4) is 0 Å². The van der Waals surface area contributed by atoms with Crippen LogP contribution in [-0.2, 0) is 16.6 Å². The summed E-state index contributed by atoms with van der Waals surface area (Å²) < 4.78 is 28.6. The zero-order valence-electron chi connectivity index (χ0n) is 11.8. The summed E-state index contributed by atoms with van der Waals surface area (Å²) >= 11 is 0. The second-order valence-corrected chi connectivity index (χ2v) is 6.83. The van der Waals surface area contributed by atoms with Gasteiger partial charge in [0, 0.05) is 38.4 Å². The zero-order chi connectivity index (χ0) is 14.0. The molecule has 1 fully saturated rings. The first-order valence-electron chi connectivity index (χ1n) is 6.73. The number of aromatic nitrogens is 2. The van der Waals surface area contributed by atoms with Crippen LogP contribution in [0.4, 0.5) is 0 Å². The molecule has 0 radical (unpaired) electrons. The van der Waals surface area contributed by atoms with Crippen molar-refractivity contribution >= 4 is 10.0 Å². The van der Waals surface area contributed by atoms with Crippen LogP contribution < -0.4 is 5.32 Å². The Morgan fingerprint density at radius 1 is 1.53 bits per heavy atom. The van der Waals surface area contributed by atoms with Gasteiger partial charge in [0.15, 0.2) is 5.03 Å². The predicted molar refractivity (Wildman–Crippen MR) is 73.5 cm³/mol. The number of imidazole rings is 1. The summed E-state index contributed by atoms with van der Waals surface area (Å²) in [4.78, 5) is 4.22. The van der Waals surface area contributed by atoms with Crippen LogP contribution in [-0.4, -0.2) is 48.0 Å². The van der Waals surface area contributed by atoms with E-state index in [0.29, 0.717) is 19.6 Å². The van der Waals surface area contributed by atoms with Gasteiger partial charge in [-0.1, -0.05) is 6.92 Å². The van der Waals surface area contributed by atoms with Gasteiger partial charge in [-0.05, 0) is 20.3 Å². The van der Waals surface area contributed by atoms with Crippen molar-refractivity contribution in [3.63, 3.8) is 0 Å². The molecule has 0 spiro atoms. The quantitative estimate of drug-likeness (QED) is 0.879. The molecule has 1 aliphatic heterocycles. The van der Waals surface area contributed by atoms with E-state index in [1.54, 1.807) is 10.5 Å². The summed E-state index contributed by atoms with van der Waals surface area (Å²) in [6.07, 6.45) is 2.61. The lowest BCUT2D eigenvalue weighted by atomic mass is 10.3. The van der Waals surface area contributed by atoms with Crippen LogP contribution in [0, 0.1) is 6.92 Å². The summed E-state index contributed by atoms with van der Waals surface area (Å²) in [5, 5.41) is 3.37. The first-order chi connectivity index (χ1) is 8.96. The Labute approximate surface area is 114 Å². The molecule has 0 saturated carbocycles. The predicted octanol–water partition coefficient (Wildman–Crippen LogP) is 0.584. The Hall–Kier alpha value is -0.920. The highest BCUT2D eigenvalue weighted by molar-refractivity contribution is 7.89. The van der Waals surface area contributed by atoms with Gasteiger partial charge in [-0.25, -0.2) is 13.4 Å². The minimum Gasteiger partial charge on any atom is -0.334 e. The molecular formula is C12H22N4O2S. The third-order valence-electron chi connectivity index (χ3n) is 3.43. The van der Waals surface area contributed by atoms with Crippen molar-refractivity contribution in [2.75, 3.05) is 19.6 Å².